The van der Waals surface area contributed by atoms with E-state index in [1.807, 2.05) is 0 Å². The van der Waals surface area contributed by atoms with Gasteiger partial charge < -0.3 is 15.4 Å². The highest BCUT2D eigenvalue weighted by Gasteiger charge is 2.28. The number of aliphatic hydroxyl groups excluding tert-OH is 1. The van der Waals surface area contributed by atoms with Gasteiger partial charge in [-0.1, -0.05) is 24.6 Å². The van der Waals surface area contributed by atoms with Crippen LogP contribution in [0, 0.1) is 0 Å². The van der Waals surface area contributed by atoms with Crippen molar-refractivity contribution >= 4 is 11.8 Å². The van der Waals surface area contributed by atoms with Crippen LogP contribution < -0.4 is 5.73 Å². The number of aliphatic hydroxyl groups is 1. The van der Waals surface area contributed by atoms with Crippen molar-refractivity contribution in [3.05, 3.63) is 5.82 Å². The Morgan fingerprint density at radius 3 is 2.67 bits per heavy atom. The quantitative estimate of drug-likeness (QED) is 0.528. The summed E-state index contributed by atoms with van der Waals surface area (Å²) in [6.07, 6.45) is 6.83. The number of unbranched alkanes of at least 4 members (excludes halogenated alkanes) is 3. The van der Waals surface area contributed by atoms with E-state index in [-0.39, 0.29) is 0 Å². The minimum atomic E-state index is 0.309. The van der Waals surface area contributed by atoms with Gasteiger partial charge in [0.25, 0.3) is 0 Å². The molecule has 0 unspecified atom stereocenters. The zero-order valence-corrected chi connectivity index (χ0v) is 11.5. The lowest BCUT2D eigenvalue weighted by Crippen LogP contribution is -2.08. The van der Waals surface area contributed by atoms with Gasteiger partial charge in [-0.25, -0.2) is 0 Å². The van der Waals surface area contributed by atoms with E-state index in [0.717, 1.165) is 29.6 Å². The molecule has 1 heterocycles. The standard InChI is InChI=1S/C12H22N4OS/c13-9-11-14-15-12(16(11)10-5-6-10)18-8-4-2-1-3-7-17/h10,17H,1-9,13H2. The molecule has 0 amide bonds. The van der Waals surface area contributed by atoms with Crippen molar-refractivity contribution in [2.24, 2.45) is 5.73 Å². The minimum absolute atomic E-state index is 0.309. The average molecular weight is 270 g/mol. The first-order valence-corrected chi connectivity index (χ1v) is 7.73. The molecule has 0 atom stereocenters. The van der Waals surface area contributed by atoms with Crippen LogP contribution in [-0.2, 0) is 6.54 Å². The molecule has 0 aromatic carbocycles. The summed E-state index contributed by atoms with van der Waals surface area (Å²) in [4.78, 5) is 0. The maximum atomic E-state index is 8.70. The predicted octanol–water partition coefficient (Wildman–Crippen LogP) is 1.72. The monoisotopic (exact) mass is 270 g/mol. The van der Waals surface area contributed by atoms with Gasteiger partial charge in [0.05, 0.1) is 6.54 Å². The van der Waals surface area contributed by atoms with Crippen LogP contribution >= 0.6 is 11.8 Å². The number of nitrogens with two attached hydrogens (primary N) is 1. The maximum Gasteiger partial charge on any atom is 0.191 e. The van der Waals surface area contributed by atoms with Crippen molar-refractivity contribution in [2.45, 2.75) is 56.3 Å². The molecule has 6 heteroatoms. The largest absolute Gasteiger partial charge is 0.396 e. The number of hydrogen-bond donors (Lipinski definition) is 2. The topological polar surface area (TPSA) is 77.0 Å². The zero-order chi connectivity index (χ0) is 12.8. The second kappa shape index (κ2) is 7.11. The van der Waals surface area contributed by atoms with Crippen LogP contribution in [0.4, 0.5) is 0 Å². The van der Waals surface area contributed by atoms with Gasteiger partial charge in [0.1, 0.15) is 5.82 Å². The summed E-state index contributed by atoms with van der Waals surface area (Å²) < 4.78 is 2.22. The molecule has 2 rings (SSSR count). The van der Waals surface area contributed by atoms with Crippen LogP contribution in [0.2, 0.25) is 0 Å². The lowest BCUT2D eigenvalue weighted by atomic mass is 10.2. The highest BCUT2D eigenvalue weighted by atomic mass is 32.2. The summed E-state index contributed by atoms with van der Waals surface area (Å²) in [5, 5.41) is 18.1. The molecule has 1 aliphatic rings. The fourth-order valence-electron chi connectivity index (χ4n) is 1.98. The molecule has 1 aromatic rings. The van der Waals surface area contributed by atoms with E-state index < -0.39 is 0 Å². The van der Waals surface area contributed by atoms with Gasteiger partial charge >= 0.3 is 0 Å². The lowest BCUT2D eigenvalue weighted by Gasteiger charge is -2.07. The summed E-state index contributed by atoms with van der Waals surface area (Å²) >= 11 is 1.78. The lowest BCUT2D eigenvalue weighted by molar-refractivity contribution is 0.283. The molecule has 1 saturated carbocycles. The third-order valence-electron chi connectivity index (χ3n) is 3.11. The van der Waals surface area contributed by atoms with Crippen LogP contribution in [-0.4, -0.2) is 32.2 Å². The summed E-state index contributed by atoms with van der Waals surface area (Å²) in [5.41, 5.74) is 5.68. The van der Waals surface area contributed by atoms with Gasteiger partial charge in [0.2, 0.25) is 0 Å². The normalized spacial score (nSPS) is 15.2. The Morgan fingerprint density at radius 1 is 1.22 bits per heavy atom. The number of rotatable bonds is 9. The van der Waals surface area contributed by atoms with E-state index in [9.17, 15) is 0 Å². The Kier molecular flexibility index (Phi) is 5.46. The Hall–Kier alpha value is -0.590. The van der Waals surface area contributed by atoms with E-state index in [4.69, 9.17) is 10.8 Å². The predicted molar refractivity (Wildman–Crippen MR) is 72.5 cm³/mol. The third kappa shape index (κ3) is 3.70. The van der Waals surface area contributed by atoms with E-state index >= 15 is 0 Å². The molecular formula is C12H22N4OS. The van der Waals surface area contributed by atoms with Crippen molar-refractivity contribution in [1.29, 1.82) is 0 Å². The number of aromatic nitrogens is 3. The molecule has 0 spiro atoms. The first kappa shape index (κ1) is 13.8. The summed E-state index contributed by atoms with van der Waals surface area (Å²) in [6.45, 7) is 0.781. The van der Waals surface area contributed by atoms with Gasteiger partial charge in [-0.05, 0) is 25.7 Å². The smallest absolute Gasteiger partial charge is 0.191 e. The van der Waals surface area contributed by atoms with E-state index in [1.165, 1.54) is 25.7 Å². The van der Waals surface area contributed by atoms with Crippen LogP contribution in [0.3, 0.4) is 0 Å². The SMILES string of the molecule is NCc1nnc(SCCCCCCO)n1C1CC1. The molecule has 5 nitrogen and oxygen atoms in total. The van der Waals surface area contributed by atoms with Crippen LogP contribution in [0.25, 0.3) is 0 Å². The number of nitrogens with zero attached hydrogens (tertiary/aromatic N) is 3. The Bertz CT molecular complexity index is 365. The van der Waals surface area contributed by atoms with Gasteiger partial charge in [0, 0.05) is 18.4 Å². The molecule has 0 radical (unpaired) electrons. The highest BCUT2D eigenvalue weighted by Crippen LogP contribution is 2.38. The number of hydrogen-bond acceptors (Lipinski definition) is 5. The average Bonchev–Trinajstić information content (AvgIpc) is 3.14. The number of thioether (sulfide) groups is 1. The van der Waals surface area contributed by atoms with Gasteiger partial charge in [-0.3, -0.25) is 0 Å². The molecule has 0 saturated heterocycles. The van der Waals surface area contributed by atoms with E-state index in [0.29, 0.717) is 19.2 Å². The molecule has 18 heavy (non-hydrogen) atoms. The molecule has 1 aromatic heterocycles. The molecule has 102 valence electrons. The van der Waals surface area contributed by atoms with Crippen molar-refractivity contribution < 1.29 is 5.11 Å². The van der Waals surface area contributed by atoms with E-state index in [1.54, 1.807) is 11.8 Å². The van der Waals surface area contributed by atoms with Crippen molar-refractivity contribution in [3.8, 4) is 0 Å². The highest BCUT2D eigenvalue weighted by molar-refractivity contribution is 7.99. The zero-order valence-electron chi connectivity index (χ0n) is 10.7. The molecule has 0 bridgehead atoms. The Balaban J connectivity index is 1.76. The Labute approximate surface area is 112 Å². The summed E-state index contributed by atoms with van der Waals surface area (Å²) in [5.74, 6) is 1.99. The van der Waals surface area contributed by atoms with Crippen molar-refractivity contribution in [2.75, 3.05) is 12.4 Å². The molecule has 1 fully saturated rings. The fourth-order valence-corrected chi connectivity index (χ4v) is 3.00. The first-order chi connectivity index (χ1) is 8.86. The van der Waals surface area contributed by atoms with Crippen LogP contribution in [0.1, 0.15) is 50.4 Å². The van der Waals surface area contributed by atoms with Crippen LogP contribution in [0.5, 0.6) is 0 Å². The molecule has 1 aliphatic carbocycles. The second-order valence-electron chi connectivity index (χ2n) is 4.69. The van der Waals surface area contributed by atoms with Gasteiger partial charge in [0.15, 0.2) is 5.16 Å². The Morgan fingerprint density at radius 2 is 2.00 bits per heavy atom. The van der Waals surface area contributed by atoms with Crippen LogP contribution in [0.15, 0.2) is 5.16 Å². The first-order valence-electron chi connectivity index (χ1n) is 6.74. The molecule has 0 aliphatic heterocycles. The van der Waals surface area contributed by atoms with Crippen molar-refractivity contribution in [3.63, 3.8) is 0 Å². The van der Waals surface area contributed by atoms with Crippen molar-refractivity contribution in [1.82, 2.24) is 14.8 Å². The summed E-state index contributed by atoms with van der Waals surface area (Å²) in [6, 6.07) is 0.593. The van der Waals surface area contributed by atoms with Gasteiger partial charge in [-0.2, -0.15) is 0 Å². The second-order valence-corrected chi connectivity index (χ2v) is 5.75. The fraction of sp³-hybridized carbons (Fsp3) is 0.833. The minimum Gasteiger partial charge on any atom is -0.396 e. The summed E-state index contributed by atoms with van der Waals surface area (Å²) in [7, 11) is 0. The third-order valence-corrected chi connectivity index (χ3v) is 4.14. The van der Waals surface area contributed by atoms with E-state index in [2.05, 4.69) is 14.8 Å². The van der Waals surface area contributed by atoms with Gasteiger partial charge in [-0.15, -0.1) is 10.2 Å². The molecular weight excluding hydrogens is 248 g/mol. The molecule has 3 N–H and O–H groups in total. The maximum absolute atomic E-state index is 8.70.